The van der Waals surface area contributed by atoms with E-state index in [1.807, 2.05) is 12.2 Å². The molecule has 3 nitrogen and oxygen atoms in total. The van der Waals surface area contributed by atoms with E-state index in [0.717, 1.165) is 0 Å². The molecule has 0 saturated carbocycles. The fourth-order valence-corrected chi connectivity index (χ4v) is 1.81. The molecule has 0 aliphatic heterocycles. The van der Waals surface area contributed by atoms with Crippen LogP contribution >= 0.6 is 0 Å². The molecule has 3 atom stereocenters. The minimum Gasteiger partial charge on any atom is -0.480 e. The fourth-order valence-electron chi connectivity index (χ4n) is 1.81. The lowest BCUT2D eigenvalue weighted by atomic mass is 9.82. The third kappa shape index (κ3) is 2.93. The predicted molar refractivity (Wildman–Crippen MR) is 60.7 cm³/mol. The number of allylic oxidation sites excluding steroid dienone is 3. The first kappa shape index (κ1) is 12.0. The zero-order valence-corrected chi connectivity index (χ0v) is 9.53. The zero-order valence-electron chi connectivity index (χ0n) is 9.53. The molecule has 1 aliphatic carbocycles. The van der Waals surface area contributed by atoms with Gasteiger partial charge in [0.2, 0.25) is 0 Å². The molecule has 1 aliphatic rings. The van der Waals surface area contributed by atoms with Gasteiger partial charge in [-0.25, -0.2) is 0 Å². The van der Waals surface area contributed by atoms with Crippen molar-refractivity contribution < 1.29 is 9.90 Å². The molecule has 0 amide bonds. The van der Waals surface area contributed by atoms with Crippen LogP contribution in [0.5, 0.6) is 0 Å². The van der Waals surface area contributed by atoms with Gasteiger partial charge in [0.15, 0.2) is 0 Å². The summed E-state index contributed by atoms with van der Waals surface area (Å²) >= 11 is 0. The molecule has 2 N–H and O–H groups in total. The molecule has 2 unspecified atom stereocenters. The van der Waals surface area contributed by atoms with Crippen LogP contribution in [0.2, 0.25) is 0 Å². The van der Waals surface area contributed by atoms with E-state index in [1.165, 1.54) is 5.57 Å². The van der Waals surface area contributed by atoms with E-state index >= 15 is 0 Å². The second kappa shape index (κ2) is 5.12. The van der Waals surface area contributed by atoms with Crippen LogP contribution in [0, 0.1) is 11.8 Å². The van der Waals surface area contributed by atoms with E-state index in [4.69, 9.17) is 5.11 Å². The number of carboxylic acids is 1. The molecule has 0 aromatic heterocycles. The molecule has 0 bridgehead atoms. The Bertz CT molecular complexity index is 294. The molecule has 0 aromatic rings. The molecule has 84 valence electrons. The summed E-state index contributed by atoms with van der Waals surface area (Å²) < 4.78 is 0. The van der Waals surface area contributed by atoms with Gasteiger partial charge in [0.25, 0.3) is 0 Å². The standard InChI is InChI=1S/C12H19NO2/c1-8-5-4-6-10(9(8)2)7-11(13-3)12(14)15/h4-6,8-9,11,13H,7H2,1-3H3,(H,14,15)/t8?,9?,11-/m0/s1. The lowest BCUT2D eigenvalue weighted by Crippen LogP contribution is -2.35. The Morgan fingerprint density at radius 2 is 2.27 bits per heavy atom. The van der Waals surface area contributed by atoms with Gasteiger partial charge in [-0.3, -0.25) is 4.79 Å². The maximum atomic E-state index is 10.9. The first-order chi connectivity index (χ1) is 7.06. The summed E-state index contributed by atoms with van der Waals surface area (Å²) in [6.07, 6.45) is 6.80. The molecule has 0 spiro atoms. The largest absolute Gasteiger partial charge is 0.480 e. The van der Waals surface area contributed by atoms with Gasteiger partial charge in [0.05, 0.1) is 0 Å². The second-order valence-corrected chi connectivity index (χ2v) is 4.16. The van der Waals surface area contributed by atoms with Crippen molar-refractivity contribution in [3.05, 3.63) is 23.8 Å². The number of carboxylic acid groups (broad SMARTS) is 1. The normalized spacial score (nSPS) is 27.3. The van der Waals surface area contributed by atoms with Crippen molar-refractivity contribution in [3.63, 3.8) is 0 Å². The molecule has 0 radical (unpaired) electrons. The highest BCUT2D eigenvalue weighted by Gasteiger charge is 2.22. The van der Waals surface area contributed by atoms with Crippen molar-refractivity contribution in [2.24, 2.45) is 11.8 Å². The van der Waals surface area contributed by atoms with Crippen LogP contribution in [0.15, 0.2) is 23.8 Å². The molecule has 1 rings (SSSR count). The summed E-state index contributed by atoms with van der Waals surface area (Å²) in [4.78, 5) is 10.9. The predicted octanol–water partition coefficient (Wildman–Crippen LogP) is 1.82. The number of aliphatic carboxylic acids is 1. The van der Waals surface area contributed by atoms with Gasteiger partial charge >= 0.3 is 5.97 Å². The molecule has 15 heavy (non-hydrogen) atoms. The Morgan fingerprint density at radius 3 is 2.80 bits per heavy atom. The van der Waals surface area contributed by atoms with E-state index in [0.29, 0.717) is 18.3 Å². The van der Waals surface area contributed by atoms with E-state index in [-0.39, 0.29) is 0 Å². The Labute approximate surface area is 90.9 Å². The number of nitrogens with one attached hydrogen (secondary N) is 1. The second-order valence-electron chi connectivity index (χ2n) is 4.16. The number of carbonyl (C=O) groups is 1. The molecular weight excluding hydrogens is 190 g/mol. The van der Waals surface area contributed by atoms with Gasteiger partial charge in [0.1, 0.15) is 6.04 Å². The lowest BCUT2D eigenvalue weighted by Gasteiger charge is -2.25. The monoisotopic (exact) mass is 209 g/mol. The van der Waals surface area contributed by atoms with Crippen molar-refractivity contribution in [2.45, 2.75) is 26.3 Å². The number of likely N-dealkylation sites (N-methyl/N-ethyl adjacent to an activating group) is 1. The van der Waals surface area contributed by atoms with Crippen LogP contribution < -0.4 is 5.32 Å². The summed E-state index contributed by atoms with van der Waals surface area (Å²) in [5.74, 6) is 0.148. The van der Waals surface area contributed by atoms with Crippen LogP contribution in [0.3, 0.4) is 0 Å². The Kier molecular flexibility index (Phi) is 4.09. The molecular formula is C12H19NO2. The Hall–Kier alpha value is -1.09. The number of hydrogen-bond acceptors (Lipinski definition) is 2. The van der Waals surface area contributed by atoms with Gasteiger partial charge in [-0.2, -0.15) is 0 Å². The van der Waals surface area contributed by atoms with Crippen LogP contribution in [0.4, 0.5) is 0 Å². The molecule has 3 heteroatoms. The topological polar surface area (TPSA) is 49.3 Å². The smallest absolute Gasteiger partial charge is 0.321 e. The highest BCUT2D eigenvalue weighted by molar-refractivity contribution is 5.73. The van der Waals surface area contributed by atoms with Gasteiger partial charge < -0.3 is 10.4 Å². The van der Waals surface area contributed by atoms with Crippen molar-refractivity contribution in [1.82, 2.24) is 5.32 Å². The van der Waals surface area contributed by atoms with E-state index in [9.17, 15) is 4.79 Å². The van der Waals surface area contributed by atoms with Crippen LogP contribution in [-0.4, -0.2) is 24.2 Å². The van der Waals surface area contributed by atoms with E-state index in [1.54, 1.807) is 7.05 Å². The molecule has 0 aromatic carbocycles. The minimum absolute atomic E-state index is 0.435. The van der Waals surface area contributed by atoms with Crippen molar-refractivity contribution in [3.8, 4) is 0 Å². The summed E-state index contributed by atoms with van der Waals surface area (Å²) in [6, 6.07) is -0.475. The molecule has 0 heterocycles. The van der Waals surface area contributed by atoms with Crippen molar-refractivity contribution >= 4 is 5.97 Å². The highest BCUT2D eigenvalue weighted by Crippen LogP contribution is 2.28. The van der Waals surface area contributed by atoms with E-state index < -0.39 is 12.0 Å². The van der Waals surface area contributed by atoms with Gasteiger partial charge in [-0.05, 0) is 25.3 Å². The maximum absolute atomic E-state index is 10.9. The third-order valence-corrected chi connectivity index (χ3v) is 3.18. The first-order valence-corrected chi connectivity index (χ1v) is 5.33. The lowest BCUT2D eigenvalue weighted by molar-refractivity contribution is -0.139. The summed E-state index contributed by atoms with van der Waals surface area (Å²) in [6.45, 7) is 4.30. The van der Waals surface area contributed by atoms with Gasteiger partial charge in [0, 0.05) is 0 Å². The summed E-state index contributed by atoms with van der Waals surface area (Å²) in [5.41, 5.74) is 1.21. The van der Waals surface area contributed by atoms with Crippen LogP contribution in [0.25, 0.3) is 0 Å². The molecule has 0 fully saturated rings. The minimum atomic E-state index is -0.784. The summed E-state index contributed by atoms with van der Waals surface area (Å²) in [5, 5.41) is 11.8. The SMILES string of the molecule is CN[C@@H](CC1=CC=CC(C)C1C)C(=O)O. The van der Waals surface area contributed by atoms with Crippen molar-refractivity contribution in [1.29, 1.82) is 0 Å². The van der Waals surface area contributed by atoms with E-state index in [2.05, 4.69) is 25.2 Å². The number of rotatable bonds is 4. The zero-order chi connectivity index (χ0) is 11.4. The number of hydrogen-bond donors (Lipinski definition) is 2. The average molecular weight is 209 g/mol. The van der Waals surface area contributed by atoms with Crippen molar-refractivity contribution in [2.75, 3.05) is 7.05 Å². The Morgan fingerprint density at radius 1 is 1.60 bits per heavy atom. The quantitative estimate of drug-likeness (QED) is 0.742. The third-order valence-electron chi connectivity index (χ3n) is 3.18. The Balaban J connectivity index is 2.68. The van der Waals surface area contributed by atoms with Gasteiger partial charge in [-0.15, -0.1) is 0 Å². The average Bonchev–Trinajstić information content (AvgIpc) is 2.19. The maximum Gasteiger partial charge on any atom is 0.321 e. The van der Waals surface area contributed by atoms with Crippen LogP contribution in [0.1, 0.15) is 20.3 Å². The van der Waals surface area contributed by atoms with Gasteiger partial charge in [-0.1, -0.05) is 37.6 Å². The van der Waals surface area contributed by atoms with Crippen LogP contribution in [-0.2, 0) is 4.79 Å². The highest BCUT2D eigenvalue weighted by atomic mass is 16.4. The fraction of sp³-hybridized carbons (Fsp3) is 0.583. The molecule has 0 saturated heterocycles. The summed E-state index contributed by atoms with van der Waals surface area (Å²) in [7, 11) is 1.69. The first-order valence-electron chi connectivity index (χ1n) is 5.33.